The van der Waals surface area contributed by atoms with Gasteiger partial charge in [-0.25, -0.2) is 4.79 Å². The van der Waals surface area contributed by atoms with Crippen LogP contribution in [0.5, 0.6) is 0 Å². The Balaban J connectivity index is 1.92. The lowest BCUT2D eigenvalue weighted by Gasteiger charge is -2.10. The smallest absolute Gasteiger partial charge is 0.319 e. The van der Waals surface area contributed by atoms with E-state index in [1.165, 1.54) is 6.39 Å². The molecule has 1 aromatic carbocycles. The first kappa shape index (κ1) is 14.5. The summed E-state index contributed by atoms with van der Waals surface area (Å²) in [5.41, 5.74) is 1.33. The minimum Gasteiger partial charge on any atom is -0.481 e. The predicted octanol–water partition coefficient (Wildman–Crippen LogP) is 1.41. The van der Waals surface area contributed by atoms with Crippen LogP contribution in [0.4, 0.5) is 10.5 Å². The zero-order valence-corrected chi connectivity index (χ0v) is 11.1. The molecule has 0 aliphatic rings. The number of rotatable bonds is 6. The van der Waals surface area contributed by atoms with Crippen LogP contribution in [0.15, 0.2) is 35.2 Å². The number of aromatic nitrogens is 2. The Kier molecular flexibility index (Phi) is 4.86. The van der Waals surface area contributed by atoms with E-state index in [9.17, 15) is 9.59 Å². The van der Waals surface area contributed by atoms with E-state index in [0.29, 0.717) is 17.9 Å². The van der Waals surface area contributed by atoms with Crippen LogP contribution in [0, 0.1) is 0 Å². The van der Waals surface area contributed by atoms with Crippen molar-refractivity contribution in [2.24, 2.45) is 0 Å². The SMILES string of the molecule is O=C(O)CCc1ccccc1NC(=O)NCc1ncon1. The largest absolute Gasteiger partial charge is 0.481 e. The summed E-state index contributed by atoms with van der Waals surface area (Å²) in [7, 11) is 0. The van der Waals surface area contributed by atoms with Crippen molar-refractivity contribution in [3.8, 4) is 0 Å². The van der Waals surface area contributed by atoms with Crippen LogP contribution in [0.2, 0.25) is 0 Å². The first-order valence-corrected chi connectivity index (χ1v) is 6.25. The third-order valence-corrected chi connectivity index (χ3v) is 2.69. The Labute approximate surface area is 120 Å². The number of para-hydroxylation sites is 1. The zero-order valence-electron chi connectivity index (χ0n) is 11.1. The Bertz CT molecular complexity index is 612. The summed E-state index contributed by atoms with van der Waals surface area (Å²) >= 11 is 0. The Morgan fingerprint density at radius 3 is 2.81 bits per heavy atom. The molecule has 0 aliphatic heterocycles. The first-order chi connectivity index (χ1) is 10.1. The highest BCUT2D eigenvalue weighted by Crippen LogP contribution is 2.16. The van der Waals surface area contributed by atoms with E-state index in [1.54, 1.807) is 24.3 Å². The number of nitrogens with zero attached hydrogens (tertiary/aromatic N) is 2. The minimum atomic E-state index is -0.883. The fourth-order valence-electron chi connectivity index (χ4n) is 1.70. The summed E-state index contributed by atoms with van der Waals surface area (Å²) in [5.74, 6) is -0.518. The number of amides is 2. The molecule has 8 nitrogen and oxygen atoms in total. The molecule has 0 atom stereocenters. The van der Waals surface area contributed by atoms with Crippen molar-refractivity contribution in [1.29, 1.82) is 0 Å². The maximum Gasteiger partial charge on any atom is 0.319 e. The number of nitrogens with one attached hydrogen (secondary N) is 2. The molecular weight excluding hydrogens is 276 g/mol. The highest BCUT2D eigenvalue weighted by atomic mass is 16.5. The molecule has 0 spiro atoms. The lowest BCUT2D eigenvalue weighted by molar-refractivity contribution is -0.136. The molecule has 0 aliphatic carbocycles. The summed E-state index contributed by atoms with van der Waals surface area (Å²) < 4.78 is 4.55. The van der Waals surface area contributed by atoms with Crippen molar-refractivity contribution >= 4 is 17.7 Å². The number of carboxylic acid groups (broad SMARTS) is 1. The molecule has 2 rings (SSSR count). The van der Waals surface area contributed by atoms with Crippen LogP contribution in [0.3, 0.4) is 0 Å². The molecule has 21 heavy (non-hydrogen) atoms. The van der Waals surface area contributed by atoms with Crippen molar-refractivity contribution in [1.82, 2.24) is 15.5 Å². The third kappa shape index (κ3) is 4.60. The molecule has 1 heterocycles. The number of carboxylic acids is 1. The number of hydrogen-bond donors (Lipinski definition) is 3. The summed E-state index contributed by atoms with van der Waals surface area (Å²) in [5, 5.41) is 17.5. The van der Waals surface area contributed by atoms with Gasteiger partial charge in [0.25, 0.3) is 0 Å². The number of aryl methyl sites for hydroxylation is 1. The fraction of sp³-hybridized carbons (Fsp3) is 0.231. The van der Waals surface area contributed by atoms with E-state index in [1.807, 2.05) is 0 Å². The second-order valence-corrected chi connectivity index (χ2v) is 4.21. The lowest BCUT2D eigenvalue weighted by Crippen LogP contribution is -2.29. The number of benzene rings is 1. The van der Waals surface area contributed by atoms with Gasteiger partial charge in [0.1, 0.15) is 0 Å². The number of anilines is 1. The summed E-state index contributed by atoms with van der Waals surface area (Å²) in [6, 6.07) is 6.61. The quantitative estimate of drug-likeness (QED) is 0.740. The molecule has 0 unspecified atom stereocenters. The van der Waals surface area contributed by atoms with Crippen molar-refractivity contribution in [2.75, 3.05) is 5.32 Å². The Hall–Kier alpha value is -2.90. The number of carbonyl (C=O) groups excluding carboxylic acids is 1. The molecule has 0 saturated heterocycles. The third-order valence-electron chi connectivity index (χ3n) is 2.69. The predicted molar refractivity (Wildman–Crippen MR) is 72.6 cm³/mol. The molecule has 0 saturated carbocycles. The van der Waals surface area contributed by atoms with Crippen LogP contribution < -0.4 is 10.6 Å². The van der Waals surface area contributed by atoms with Gasteiger partial charge in [0.2, 0.25) is 6.39 Å². The molecule has 110 valence electrons. The normalized spacial score (nSPS) is 10.1. The average Bonchev–Trinajstić information content (AvgIpc) is 2.97. The number of carbonyl (C=O) groups is 2. The van der Waals surface area contributed by atoms with Gasteiger partial charge in [-0.2, -0.15) is 4.98 Å². The molecule has 2 amide bonds. The topological polar surface area (TPSA) is 117 Å². The minimum absolute atomic E-state index is 0.00315. The molecular formula is C13H14N4O4. The second kappa shape index (κ2) is 7.04. The maximum absolute atomic E-state index is 11.8. The van der Waals surface area contributed by atoms with Gasteiger partial charge in [-0.05, 0) is 18.1 Å². The summed E-state index contributed by atoms with van der Waals surface area (Å²) in [4.78, 5) is 26.2. The van der Waals surface area contributed by atoms with E-state index in [-0.39, 0.29) is 13.0 Å². The monoisotopic (exact) mass is 290 g/mol. The average molecular weight is 290 g/mol. The summed E-state index contributed by atoms with van der Waals surface area (Å²) in [6.45, 7) is 0.139. The van der Waals surface area contributed by atoms with Gasteiger partial charge in [-0.15, -0.1) is 0 Å². The standard InChI is InChI=1S/C13H14N4O4/c18-12(19)6-5-9-3-1-2-4-10(9)16-13(20)14-7-11-15-8-21-17-11/h1-4,8H,5-7H2,(H,18,19)(H2,14,16,20). The van der Waals surface area contributed by atoms with Crippen LogP contribution in [0.25, 0.3) is 0 Å². The molecule has 0 radical (unpaired) electrons. The molecule has 1 aromatic heterocycles. The van der Waals surface area contributed by atoms with Crippen molar-refractivity contribution in [2.45, 2.75) is 19.4 Å². The molecule has 3 N–H and O–H groups in total. The highest BCUT2D eigenvalue weighted by Gasteiger charge is 2.08. The molecule has 0 bridgehead atoms. The van der Waals surface area contributed by atoms with Crippen LogP contribution in [-0.2, 0) is 17.8 Å². The van der Waals surface area contributed by atoms with E-state index < -0.39 is 12.0 Å². The van der Waals surface area contributed by atoms with Crippen molar-refractivity contribution in [3.63, 3.8) is 0 Å². The van der Waals surface area contributed by atoms with Gasteiger partial charge in [-0.3, -0.25) is 4.79 Å². The van der Waals surface area contributed by atoms with Crippen LogP contribution in [-0.4, -0.2) is 27.2 Å². The molecule has 2 aromatic rings. The highest BCUT2D eigenvalue weighted by molar-refractivity contribution is 5.90. The van der Waals surface area contributed by atoms with Gasteiger partial charge in [0.15, 0.2) is 5.82 Å². The van der Waals surface area contributed by atoms with Crippen LogP contribution >= 0.6 is 0 Å². The number of hydrogen-bond acceptors (Lipinski definition) is 5. The Morgan fingerprint density at radius 1 is 1.29 bits per heavy atom. The van der Waals surface area contributed by atoms with Gasteiger partial charge in [0.05, 0.1) is 6.54 Å². The van der Waals surface area contributed by atoms with Crippen molar-refractivity contribution in [3.05, 3.63) is 42.0 Å². The lowest BCUT2D eigenvalue weighted by atomic mass is 10.1. The second-order valence-electron chi connectivity index (χ2n) is 4.21. The van der Waals surface area contributed by atoms with Gasteiger partial charge in [-0.1, -0.05) is 23.4 Å². The van der Waals surface area contributed by atoms with Gasteiger partial charge >= 0.3 is 12.0 Å². The van der Waals surface area contributed by atoms with E-state index in [4.69, 9.17) is 5.11 Å². The first-order valence-electron chi connectivity index (χ1n) is 6.25. The number of aliphatic carboxylic acids is 1. The van der Waals surface area contributed by atoms with Gasteiger partial charge < -0.3 is 20.3 Å². The van der Waals surface area contributed by atoms with E-state index in [0.717, 1.165) is 5.56 Å². The van der Waals surface area contributed by atoms with Crippen LogP contribution in [0.1, 0.15) is 17.8 Å². The summed E-state index contributed by atoms with van der Waals surface area (Å²) in [6.07, 6.45) is 1.52. The molecule has 8 heteroatoms. The van der Waals surface area contributed by atoms with Gasteiger partial charge in [0, 0.05) is 12.1 Å². The van der Waals surface area contributed by atoms with Crippen molar-refractivity contribution < 1.29 is 19.2 Å². The van der Waals surface area contributed by atoms with E-state index in [2.05, 4.69) is 25.3 Å². The maximum atomic E-state index is 11.8. The number of urea groups is 1. The zero-order chi connectivity index (χ0) is 15.1. The Morgan fingerprint density at radius 2 is 2.10 bits per heavy atom. The fourth-order valence-corrected chi connectivity index (χ4v) is 1.70. The van der Waals surface area contributed by atoms with E-state index >= 15 is 0 Å². The molecule has 0 fully saturated rings.